The molecule has 0 amide bonds. The fourth-order valence-corrected chi connectivity index (χ4v) is 3.45. The second-order valence-electron chi connectivity index (χ2n) is 6.53. The van der Waals surface area contributed by atoms with Crippen LogP contribution in [0.5, 0.6) is 0 Å². The predicted octanol–water partition coefficient (Wildman–Crippen LogP) is 2.25. The quantitative estimate of drug-likeness (QED) is 0.777. The Balaban J connectivity index is 1.56. The van der Waals surface area contributed by atoms with Gasteiger partial charge in [-0.25, -0.2) is 0 Å². The smallest absolute Gasteiger partial charge is 0.0838 e. The third-order valence-electron chi connectivity index (χ3n) is 4.75. The van der Waals surface area contributed by atoms with E-state index in [-0.39, 0.29) is 0 Å². The van der Waals surface area contributed by atoms with Crippen molar-refractivity contribution in [1.29, 1.82) is 0 Å². The van der Waals surface area contributed by atoms with Crippen LogP contribution < -0.4 is 5.32 Å². The van der Waals surface area contributed by atoms with Crippen molar-refractivity contribution in [2.75, 3.05) is 26.2 Å². The number of piperazine rings is 1. The summed E-state index contributed by atoms with van der Waals surface area (Å²) in [6, 6.07) is 15.7. The molecule has 0 aliphatic carbocycles. The van der Waals surface area contributed by atoms with Crippen LogP contribution in [0.2, 0.25) is 0 Å². The van der Waals surface area contributed by atoms with Gasteiger partial charge < -0.3 is 5.32 Å². The molecule has 1 N–H and O–H groups in total. The van der Waals surface area contributed by atoms with Gasteiger partial charge >= 0.3 is 0 Å². The van der Waals surface area contributed by atoms with Crippen LogP contribution in [0.3, 0.4) is 0 Å². The molecule has 0 spiro atoms. The predicted molar refractivity (Wildman–Crippen MR) is 99.4 cm³/mol. The lowest BCUT2D eigenvalue weighted by atomic mass is 10.2. The molecule has 0 saturated carbocycles. The first-order chi connectivity index (χ1) is 12.3. The van der Waals surface area contributed by atoms with Crippen LogP contribution in [-0.4, -0.2) is 45.8 Å². The van der Waals surface area contributed by atoms with Crippen LogP contribution in [0.1, 0.15) is 24.0 Å². The van der Waals surface area contributed by atoms with Crippen LogP contribution >= 0.6 is 0 Å². The topological polar surface area (TPSA) is 46.0 Å². The van der Waals surface area contributed by atoms with Crippen LogP contribution in [0.4, 0.5) is 0 Å². The molecule has 1 aliphatic heterocycles. The van der Waals surface area contributed by atoms with Crippen molar-refractivity contribution < 1.29 is 0 Å². The van der Waals surface area contributed by atoms with E-state index in [1.54, 1.807) is 0 Å². The molecular weight excluding hydrogens is 310 g/mol. The van der Waals surface area contributed by atoms with Crippen molar-refractivity contribution >= 4 is 10.9 Å². The number of benzene rings is 1. The summed E-state index contributed by atoms with van der Waals surface area (Å²) in [5, 5.41) is 9.29. The molecule has 129 valence electrons. The SMILES string of the molecule is CCc1nn(Cc2cccc(CN3CCNCC3)n2)c2ccc[c]c12. The fraction of sp³-hybridized carbons (Fsp3) is 0.400. The molecule has 4 rings (SSSR count). The molecule has 1 saturated heterocycles. The van der Waals surface area contributed by atoms with Gasteiger partial charge in [0.1, 0.15) is 0 Å². The number of nitrogens with zero attached hydrogens (tertiary/aromatic N) is 4. The summed E-state index contributed by atoms with van der Waals surface area (Å²) >= 11 is 0. The van der Waals surface area contributed by atoms with Gasteiger partial charge in [0.2, 0.25) is 0 Å². The second kappa shape index (κ2) is 7.33. The Hall–Kier alpha value is -2.24. The van der Waals surface area contributed by atoms with E-state index in [0.29, 0.717) is 6.54 Å². The molecule has 3 aromatic rings. The zero-order valence-corrected chi connectivity index (χ0v) is 14.7. The largest absolute Gasteiger partial charge is 0.314 e. The van der Waals surface area contributed by atoms with Crippen molar-refractivity contribution in [3.8, 4) is 0 Å². The Kier molecular flexibility index (Phi) is 4.76. The lowest BCUT2D eigenvalue weighted by Gasteiger charge is -2.26. The number of hydrogen-bond acceptors (Lipinski definition) is 4. The molecule has 5 nitrogen and oxygen atoms in total. The Morgan fingerprint density at radius 3 is 2.68 bits per heavy atom. The Bertz CT molecular complexity index is 848. The van der Waals surface area contributed by atoms with Crippen molar-refractivity contribution in [3.63, 3.8) is 0 Å². The highest BCUT2D eigenvalue weighted by Crippen LogP contribution is 2.19. The highest BCUT2D eigenvalue weighted by molar-refractivity contribution is 5.81. The van der Waals surface area contributed by atoms with Crippen molar-refractivity contribution in [1.82, 2.24) is 25.0 Å². The standard InChI is InChI=1S/C20H24N5/c1-2-19-18-8-3-4-9-20(18)25(23-19)15-17-7-5-6-16(22-17)14-24-12-10-21-11-13-24/h3-7,9,21H,2,10-15H2,1H3. The van der Waals surface area contributed by atoms with Crippen molar-refractivity contribution in [2.24, 2.45) is 0 Å². The zero-order chi connectivity index (χ0) is 17.1. The number of hydrogen-bond donors (Lipinski definition) is 1. The summed E-state index contributed by atoms with van der Waals surface area (Å²) in [5.41, 5.74) is 4.43. The highest BCUT2D eigenvalue weighted by atomic mass is 15.3. The Morgan fingerprint density at radius 2 is 1.88 bits per heavy atom. The van der Waals surface area contributed by atoms with Crippen molar-refractivity contribution in [2.45, 2.75) is 26.4 Å². The highest BCUT2D eigenvalue weighted by Gasteiger charge is 2.12. The molecule has 0 bridgehead atoms. The number of pyridine rings is 1. The van der Waals surface area contributed by atoms with Gasteiger partial charge in [0, 0.05) is 38.1 Å². The summed E-state index contributed by atoms with van der Waals surface area (Å²) in [5.74, 6) is 0. The molecule has 3 heterocycles. The van der Waals surface area contributed by atoms with E-state index >= 15 is 0 Å². The number of fused-ring (bicyclic) bond motifs is 1. The van der Waals surface area contributed by atoms with Gasteiger partial charge in [-0.2, -0.15) is 5.10 Å². The number of nitrogens with one attached hydrogen (secondary N) is 1. The number of aromatic nitrogens is 3. The fourth-order valence-electron chi connectivity index (χ4n) is 3.45. The van der Waals surface area contributed by atoms with Crippen LogP contribution in [0.15, 0.2) is 36.4 Å². The molecule has 0 unspecified atom stereocenters. The van der Waals surface area contributed by atoms with Gasteiger partial charge in [0.15, 0.2) is 0 Å². The summed E-state index contributed by atoms with van der Waals surface area (Å²) in [6.45, 7) is 8.06. The minimum atomic E-state index is 0.698. The number of rotatable bonds is 5. The maximum absolute atomic E-state index is 4.87. The second-order valence-corrected chi connectivity index (χ2v) is 6.53. The molecule has 1 aromatic carbocycles. The van der Waals surface area contributed by atoms with Gasteiger partial charge in [-0.15, -0.1) is 0 Å². The van der Waals surface area contributed by atoms with Crippen LogP contribution in [0.25, 0.3) is 10.9 Å². The maximum Gasteiger partial charge on any atom is 0.0838 e. The van der Waals surface area contributed by atoms with E-state index in [2.05, 4.69) is 52.2 Å². The van der Waals surface area contributed by atoms with Gasteiger partial charge in [0.05, 0.1) is 29.1 Å². The lowest BCUT2D eigenvalue weighted by Crippen LogP contribution is -2.43. The molecule has 1 aliphatic rings. The first-order valence-corrected chi connectivity index (χ1v) is 9.07. The molecule has 2 aromatic heterocycles. The van der Waals surface area contributed by atoms with E-state index in [9.17, 15) is 0 Å². The first-order valence-electron chi connectivity index (χ1n) is 9.07. The van der Waals surface area contributed by atoms with E-state index in [4.69, 9.17) is 10.1 Å². The zero-order valence-electron chi connectivity index (χ0n) is 14.7. The summed E-state index contributed by atoms with van der Waals surface area (Å²) in [7, 11) is 0. The molecule has 25 heavy (non-hydrogen) atoms. The maximum atomic E-state index is 4.87. The molecule has 5 heteroatoms. The van der Waals surface area contributed by atoms with Crippen molar-refractivity contribution in [3.05, 3.63) is 59.5 Å². The monoisotopic (exact) mass is 334 g/mol. The first kappa shape index (κ1) is 16.2. The lowest BCUT2D eigenvalue weighted by molar-refractivity contribution is 0.230. The molecule has 1 fully saturated rings. The van der Waals surface area contributed by atoms with Gasteiger partial charge in [-0.05, 0) is 30.7 Å². The van der Waals surface area contributed by atoms with E-state index in [0.717, 1.165) is 67.1 Å². The Morgan fingerprint density at radius 1 is 1.08 bits per heavy atom. The molecule has 0 atom stereocenters. The summed E-state index contributed by atoms with van der Waals surface area (Å²) in [4.78, 5) is 7.33. The number of aryl methyl sites for hydroxylation is 1. The minimum absolute atomic E-state index is 0.698. The normalized spacial score (nSPS) is 15.7. The third-order valence-corrected chi connectivity index (χ3v) is 4.75. The van der Waals surface area contributed by atoms with Gasteiger partial charge in [-0.3, -0.25) is 14.6 Å². The van der Waals surface area contributed by atoms with Crippen LogP contribution in [0, 0.1) is 6.07 Å². The average molecular weight is 334 g/mol. The van der Waals surface area contributed by atoms with Crippen LogP contribution in [-0.2, 0) is 19.5 Å². The van der Waals surface area contributed by atoms with Gasteiger partial charge in [-0.1, -0.05) is 25.1 Å². The third kappa shape index (κ3) is 3.57. The molecular formula is C20H24N5. The molecule has 1 radical (unpaired) electrons. The minimum Gasteiger partial charge on any atom is -0.314 e. The average Bonchev–Trinajstić information content (AvgIpc) is 3.01. The Labute approximate surface area is 148 Å². The van der Waals surface area contributed by atoms with Gasteiger partial charge in [0.25, 0.3) is 0 Å². The summed E-state index contributed by atoms with van der Waals surface area (Å²) in [6.07, 6.45) is 0.917. The summed E-state index contributed by atoms with van der Waals surface area (Å²) < 4.78 is 2.06. The van der Waals surface area contributed by atoms with E-state index in [1.807, 2.05) is 12.1 Å². The van der Waals surface area contributed by atoms with E-state index in [1.165, 1.54) is 0 Å². The van der Waals surface area contributed by atoms with E-state index < -0.39 is 0 Å².